The number of carboxylic acid groups (broad SMARTS) is 1. The minimum absolute atomic E-state index is 0.473. The van der Waals surface area contributed by atoms with Crippen LogP contribution in [0.4, 0.5) is 0 Å². The van der Waals surface area contributed by atoms with E-state index in [1.807, 2.05) is 18.2 Å². The third-order valence-corrected chi connectivity index (χ3v) is 3.03. The highest BCUT2D eigenvalue weighted by Crippen LogP contribution is 2.33. The van der Waals surface area contributed by atoms with Gasteiger partial charge in [0.1, 0.15) is 11.6 Å². The third-order valence-electron chi connectivity index (χ3n) is 3.03. The first-order valence-corrected chi connectivity index (χ1v) is 5.48. The first-order valence-electron chi connectivity index (χ1n) is 5.48. The largest absolute Gasteiger partial charge is 0.481 e. The van der Waals surface area contributed by atoms with Crippen molar-refractivity contribution in [1.29, 1.82) is 0 Å². The number of aliphatic carboxylic acids is 1. The molecule has 0 fully saturated rings. The highest BCUT2D eigenvalue weighted by molar-refractivity contribution is 5.77. The lowest BCUT2D eigenvalue weighted by Gasteiger charge is -2.00. The lowest BCUT2D eigenvalue weighted by molar-refractivity contribution is -0.138. The van der Waals surface area contributed by atoms with Gasteiger partial charge >= 0.3 is 5.97 Å². The summed E-state index contributed by atoms with van der Waals surface area (Å²) in [7, 11) is 0. The zero-order valence-corrected chi connectivity index (χ0v) is 9.05. The van der Waals surface area contributed by atoms with E-state index in [1.54, 1.807) is 6.20 Å². The molecular weight excluding hydrogens is 218 g/mol. The Morgan fingerprint density at radius 3 is 3.06 bits per heavy atom. The molecule has 0 amide bonds. The van der Waals surface area contributed by atoms with Crippen molar-refractivity contribution >= 4 is 5.97 Å². The highest BCUT2D eigenvalue weighted by Gasteiger charge is 2.32. The molecule has 3 rings (SSSR count). The van der Waals surface area contributed by atoms with Crippen molar-refractivity contribution < 1.29 is 9.90 Å². The SMILES string of the molecule is O=C(O)C1CCc2[nH]c(-c3ccccn3)nc21. The molecule has 86 valence electrons. The summed E-state index contributed by atoms with van der Waals surface area (Å²) < 4.78 is 0. The second-order valence-electron chi connectivity index (χ2n) is 4.09. The molecule has 1 unspecified atom stereocenters. The average molecular weight is 229 g/mol. The van der Waals surface area contributed by atoms with Crippen LogP contribution in [0.15, 0.2) is 24.4 Å². The number of H-pyrrole nitrogens is 1. The number of pyridine rings is 1. The molecule has 1 aliphatic rings. The Morgan fingerprint density at radius 1 is 1.47 bits per heavy atom. The van der Waals surface area contributed by atoms with Gasteiger partial charge in [0.05, 0.1) is 5.69 Å². The number of rotatable bonds is 2. The molecule has 0 saturated heterocycles. The van der Waals surface area contributed by atoms with Gasteiger partial charge in [0, 0.05) is 11.9 Å². The number of nitrogens with one attached hydrogen (secondary N) is 1. The fraction of sp³-hybridized carbons (Fsp3) is 0.250. The third kappa shape index (κ3) is 1.60. The molecule has 2 N–H and O–H groups in total. The predicted molar refractivity (Wildman–Crippen MR) is 60.5 cm³/mol. The Bertz CT molecular complexity index is 562. The molecule has 1 aliphatic carbocycles. The molecule has 0 aliphatic heterocycles. The summed E-state index contributed by atoms with van der Waals surface area (Å²) in [6, 6.07) is 5.56. The number of aromatic nitrogens is 3. The number of aromatic amines is 1. The molecule has 0 bridgehead atoms. The van der Waals surface area contributed by atoms with Crippen molar-refractivity contribution in [2.45, 2.75) is 18.8 Å². The van der Waals surface area contributed by atoms with Crippen LogP contribution in [-0.2, 0) is 11.2 Å². The highest BCUT2D eigenvalue weighted by atomic mass is 16.4. The van der Waals surface area contributed by atoms with Crippen molar-refractivity contribution in [1.82, 2.24) is 15.0 Å². The standard InChI is InChI=1S/C12H11N3O2/c16-12(17)7-4-5-8-10(7)15-11(14-8)9-3-1-2-6-13-9/h1-3,6-7H,4-5H2,(H,14,15)(H,16,17). The van der Waals surface area contributed by atoms with Gasteiger partial charge in [-0.15, -0.1) is 0 Å². The van der Waals surface area contributed by atoms with Crippen LogP contribution in [-0.4, -0.2) is 26.0 Å². The summed E-state index contributed by atoms with van der Waals surface area (Å²) in [5.41, 5.74) is 2.34. The smallest absolute Gasteiger partial charge is 0.312 e. The number of hydrogen-bond donors (Lipinski definition) is 2. The van der Waals surface area contributed by atoms with Crippen LogP contribution in [0.1, 0.15) is 23.7 Å². The van der Waals surface area contributed by atoms with E-state index in [0.29, 0.717) is 17.9 Å². The van der Waals surface area contributed by atoms with Gasteiger partial charge < -0.3 is 10.1 Å². The number of carboxylic acids is 1. The summed E-state index contributed by atoms with van der Waals surface area (Å²) in [6.45, 7) is 0. The van der Waals surface area contributed by atoms with Crippen LogP contribution >= 0.6 is 0 Å². The van der Waals surface area contributed by atoms with Crippen LogP contribution in [0.5, 0.6) is 0 Å². The summed E-state index contributed by atoms with van der Waals surface area (Å²) in [6.07, 6.45) is 3.07. The van der Waals surface area contributed by atoms with Crippen LogP contribution in [0.2, 0.25) is 0 Å². The second kappa shape index (κ2) is 3.69. The molecule has 0 aromatic carbocycles. The maximum absolute atomic E-state index is 11.0. The predicted octanol–water partition coefficient (Wildman–Crippen LogP) is 1.59. The average Bonchev–Trinajstić information content (AvgIpc) is 2.88. The monoisotopic (exact) mass is 229 g/mol. The van der Waals surface area contributed by atoms with Gasteiger partial charge in [0.2, 0.25) is 0 Å². The zero-order chi connectivity index (χ0) is 11.8. The van der Waals surface area contributed by atoms with Gasteiger partial charge in [0.15, 0.2) is 5.82 Å². The lowest BCUT2D eigenvalue weighted by Crippen LogP contribution is -2.08. The van der Waals surface area contributed by atoms with Gasteiger partial charge in [-0.3, -0.25) is 9.78 Å². The molecule has 1 atom stereocenters. The van der Waals surface area contributed by atoms with Gasteiger partial charge in [-0.1, -0.05) is 6.07 Å². The van der Waals surface area contributed by atoms with E-state index < -0.39 is 11.9 Å². The van der Waals surface area contributed by atoms with E-state index in [4.69, 9.17) is 5.11 Å². The number of carbonyl (C=O) groups is 1. The van der Waals surface area contributed by atoms with Gasteiger partial charge in [-0.2, -0.15) is 0 Å². The second-order valence-corrected chi connectivity index (χ2v) is 4.09. The van der Waals surface area contributed by atoms with Gasteiger partial charge in [0.25, 0.3) is 0 Å². The van der Waals surface area contributed by atoms with Crippen molar-refractivity contribution in [2.24, 2.45) is 0 Å². The number of aryl methyl sites for hydroxylation is 1. The number of fused-ring (bicyclic) bond motifs is 1. The molecular formula is C12H11N3O2. The molecule has 0 saturated carbocycles. The van der Waals surface area contributed by atoms with Crippen LogP contribution in [0.3, 0.4) is 0 Å². The van der Waals surface area contributed by atoms with Crippen LogP contribution in [0, 0.1) is 0 Å². The number of nitrogens with zero attached hydrogens (tertiary/aromatic N) is 2. The van der Waals surface area contributed by atoms with E-state index in [-0.39, 0.29) is 0 Å². The minimum Gasteiger partial charge on any atom is -0.481 e. The Labute approximate surface area is 97.5 Å². The summed E-state index contributed by atoms with van der Waals surface area (Å²) >= 11 is 0. The Hall–Kier alpha value is -2.17. The molecule has 2 heterocycles. The molecule has 2 aromatic rings. The van der Waals surface area contributed by atoms with E-state index in [1.165, 1.54) is 0 Å². The van der Waals surface area contributed by atoms with E-state index >= 15 is 0 Å². The van der Waals surface area contributed by atoms with Crippen molar-refractivity contribution in [3.05, 3.63) is 35.8 Å². The maximum Gasteiger partial charge on any atom is 0.312 e. The first kappa shape index (κ1) is 10.0. The fourth-order valence-electron chi connectivity index (χ4n) is 2.19. The molecule has 2 aromatic heterocycles. The Balaban J connectivity index is 2.02. The van der Waals surface area contributed by atoms with Crippen molar-refractivity contribution in [2.75, 3.05) is 0 Å². The van der Waals surface area contributed by atoms with Gasteiger partial charge in [-0.05, 0) is 25.0 Å². The summed E-state index contributed by atoms with van der Waals surface area (Å²) in [5.74, 6) is -0.622. The molecule has 17 heavy (non-hydrogen) atoms. The first-order chi connectivity index (χ1) is 8.25. The Kier molecular flexibility index (Phi) is 2.18. The van der Waals surface area contributed by atoms with Crippen molar-refractivity contribution in [3.8, 4) is 11.5 Å². The lowest BCUT2D eigenvalue weighted by atomic mass is 10.1. The molecule has 5 nitrogen and oxygen atoms in total. The molecule has 5 heteroatoms. The van der Waals surface area contributed by atoms with Crippen molar-refractivity contribution in [3.63, 3.8) is 0 Å². The summed E-state index contributed by atoms with van der Waals surface area (Å²) in [4.78, 5) is 22.8. The maximum atomic E-state index is 11.0. The number of imidazole rings is 1. The minimum atomic E-state index is -0.803. The van der Waals surface area contributed by atoms with Crippen LogP contribution in [0.25, 0.3) is 11.5 Å². The number of hydrogen-bond acceptors (Lipinski definition) is 3. The topological polar surface area (TPSA) is 78.9 Å². The zero-order valence-electron chi connectivity index (χ0n) is 9.05. The quantitative estimate of drug-likeness (QED) is 0.819. The van der Waals surface area contributed by atoms with E-state index in [9.17, 15) is 4.79 Å². The van der Waals surface area contributed by atoms with E-state index in [0.717, 1.165) is 17.8 Å². The van der Waals surface area contributed by atoms with E-state index in [2.05, 4.69) is 15.0 Å². The molecule has 0 radical (unpaired) electrons. The molecule has 0 spiro atoms. The van der Waals surface area contributed by atoms with Crippen LogP contribution < -0.4 is 0 Å². The van der Waals surface area contributed by atoms with Gasteiger partial charge in [-0.25, -0.2) is 4.98 Å². The normalized spacial score (nSPS) is 18.0. The Morgan fingerprint density at radius 2 is 2.35 bits per heavy atom. The summed E-state index contributed by atoms with van der Waals surface area (Å²) in [5, 5.41) is 9.07. The fourth-order valence-corrected chi connectivity index (χ4v) is 2.19.